The van der Waals surface area contributed by atoms with Gasteiger partial charge in [0.25, 0.3) is 11.5 Å². The van der Waals surface area contributed by atoms with Crippen molar-refractivity contribution >= 4 is 41.0 Å². The zero-order chi connectivity index (χ0) is 23.3. The third kappa shape index (κ3) is 5.65. The van der Waals surface area contributed by atoms with E-state index in [0.717, 1.165) is 0 Å². The van der Waals surface area contributed by atoms with Crippen molar-refractivity contribution in [1.82, 2.24) is 15.3 Å². The molecule has 13 nitrogen and oxygen atoms in total. The Labute approximate surface area is 181 Å². The van der Waals surface area contributed by atoms with Crippen LogP contribution in [-0.2, 0) is 9.59 Å². The lowest BCUT2D eigenvalue weighted by atomic mass is 10.1. The van der Waals surface area contributed by atoms with Gasteiger partial charge in [0.1, 0.15) is 11.7 Å². The van der Waals surface area contributed by atoms with Crippen molar-refractivity contribution in [1.29, 1.82) is 0 Å². The summed E-state index contributed by atoms with van der Waals surface area (Å²) in [7, 11) is 0. The lowest BCUT2D eigenvalue weighted by Crippen LogP contribution is -2.42. The molecule has 32 heavy (non-hydrogen) atoms. The highest BCUT2D eigenvalue weighted by atomic mass is 16.4. The molecule has 2 aromatic rings. The highest BCUT2D eigenvalue weighted by molar-refractivity contribution is 5.96. The van der Waals surface area contributed by atoms with Gasteiger partial charge >= 0.3 is 5.97 Å². The Kier molecular flexibility index (Phi) is 6.77. The first-order valence-corrected chi connectivity index (χ1v) is 9.70. The number of amides is 1. The van der Waals surface area contributed by atoms with Gasteiger partial charge in [0, 0.05) is 30.3 Å². The molecule has 2 atom stereocenters. The first kappa shape index (κ1) is 22.4. The largest absolute Gasteiger partial charge is 0.550 e. The number of rotatable bonds is 9. The minimum Gasteiger partial charge on any atom is -0.550 e. The number of carboxylic acids is 2. The Morgan fingerprint density at radius 3 is 2.66 bits per heavy atom. The number of aromatic nitrogens is 2. The van der Waals surface area contributed by atoms with Gasteiger partial charge in [0.15, 0.2) is 5.82 Å². The maximum atomic E-state index is 12.3. The monoisotopic (exact) mass is 444 g/mol. The molecular weight excluding hydrogens is 422 g/mol. The minimum atomic E-state index is -1.39. The molecule has 0 bridgehead atoms. The standard InChI is InChI=1S/C19H23N7O6/c20-19-25-15-14(17(30)26-19)23-11(8-22-15)7-21-10-3-1-9(2-4-10)16(29)24-12(18(31)32)5-6-13(27)28/h1-4,11-12,21,23H,5-8H2,(H,24,29)(H,27,28)(H,31,32)(H4,20,22,25,26,30)/p-1. The third-order valence-electron chi connectivity index (χ3n) is 4.74. The zero-order valence-electron chi connectivity index (χ0n) is 16.8. The number of nitrogens with two attached hydrogens (primary N) is 1. The van der Waals surface area contributed by atoms with Crippen LogP contribution in [0, 0.1) is 0 Å². The first-order chi connectivity index (χ1) is 15.2. The number of H-pyrrole nitrogens is 1. The van der Waals surface area contributed by atoms with Gasteiger partial charge in [-0.25, -0.2) is 4.79 Å². The molecule has 0 fully saturated rings. The van der Waals surface area contributed by atoms with Crippen molar-refractivity contribution in [3.05, 3.63) is 40.2 Å². The van der Waals surface area contributed by atoms with Crippen molar-refractivity contribution in [3.63, 3.8) is 0 Å². The molecule has 13 heteroatoms. The number of aromatic amines is 1. The number of benzene rings is 1. The summed E-state index contributed by atoms with van der Waals surface area (Å²) >= 11 is 0. The average Bonchev–Trinajstić information content (AvgIpc) is 2.75. The van der Waals surface area contributed by atoms with Gasteiger partial charge in [-0.3, -0.25) is 14.6 Å². The predicted molar refractivity (Wildman–Crippen MR) is 113 cm³/mol. The van der Waals surface area contributed by atoms with Crippen LogP contribution in [0.5, 0.6) is 0 Å². The average molecular weight is 444 g/mol. The van der Waals surface area contributed by atoms with Crippen molar-refractivity contribution in [3.8, 4) is 0 Å². The molecule has 1 aromatic carbocycles. The van der Waals surface area contributed by atoms with Crippen molar-refractivity contribution in [2.45, 2.75) is 24.9 Å². The molecule has 3 rings (SSSR count). The van der Waals surface area contributed by atoms with Gasteiger partial charge in [0.2, 0.25) is 5.95 Å². The lowest BCUT2D eigenvalue weighted by molar-refractivity contribution is -0.305. The van der Waals surface area contributed by atoms with E-state index >= 15 is 0 Å². The van der Waals surface area contributed by atoms with Crippen LogP contribution in [0.15, 0.2) is 29.1 Å². The van der Waals surface area contributed by atoms with E-state index in [-0.39, 0.29) is 29.5 Å². The van der Waals surface area contributed by atoms with Crippen molar-refractivity contribution < 1.29 is 24.6 Å². The second-order valence-corrected chi connectivity index (χ2v) is 7.13. The molecule has 2 unspecified atom stereocenters. The number of aliphatic carboxylic acids is 2. The van der Waals surface area contributed by atoms with Gasteiger partial charge in [-0.05, 0) is 37.1 Å². The number of anilines is 4. The summed E-state index contributed by atoms with van der Waals surface area (Å²) in [4.78, 5) is 52.4. The van der Waals surface area contributed by atoms with Gasteiger partial charge in [-0.2, -0.15) is 4.98 Å². The minimum absolute atomic E-state index is 0.0253. The summed E-state index contributed by atoms with van der Waals surface area (Å²) in [6.07, 6.45) is -0.760. The molecule has 0 aliphatic carbocycles. The van der Waals surface area contributed by atoms with Crippen LogP contribution in [-0.4, -0.2) is 58.1 Å². The molecule has 170 valence electrons. The van der Waals surface area contributed by atoms with E-state index in [0.29, 0.717) is 30.3 Å². The van der Waals surface area contributed by atoms with E-state index in [2.05, 4.69) is 31.2 Å². The zero-order valence-corrected chi connectivity index (χ0v) is 16.8. The van der Waals surface area contributed by atoms with Gasteiger partial charge in [0.05, 0.1) is 6.04 Å². The molecule has 0 saturated heterocycles. The van der Waals surface area contributed by atoms with E-state index in [4.69, 9.17) is 10.8 Å². The first-order valence-electron chi connectivity index (χ1n) is 9.70. The lowest BCUT2D eigenvalue weighted by Gasteiger charge is -2.27. The maximum absolute atomic E-state index is 12.3. The van der Waals surface area contributed by atoms with Crippen LogP contribution in [0.1, 0.15) is 23.2 Å². The molecular formula is C19H22N7O6-. The van der Waals surface area contributed by atoms with E-state index in [1.54, 1.807) is 12.1 Å². The number of hydrogen-bond acceptors (Lipinski definition) is 10. The normalized spacial score (nSPS) is 15.4. The Morgan fingerprint density at radius 2 is 2.00 bits per heavy atom. The fourth-order valence-corrected chi connectivity index (χ4v) is 3.09. The quantitative estimate of drug-likeness (QED) is 0.233. The van der Waals surface area contributed by atoms with Crippen LogP contribution in [0.25, 0.3) is 0 Å². The van der Waals surface area contributed by atoms with Gasteiger partial charge in [-0.1, -0.05) is 0 Å². The van der Waals surface area contributed by atoms with Crippen LogP contribution in [0.3, 0.4) is 0 Å². The molecule has 1 aliphatic rings. The Bertz CT molecular complexity index is 1070. The molecule has 8 N–H and O–H groups in total. The number of nitrogens with one attached hydrogen (secondary N) is 5. The summed E-state index contributed by atoms with van der Waals surface area (Å²) in [5, 5.41) is 31.3. The molecule has 1 amide bonds. The van der Waals surface area contributed by atoms with Crippen LogP contribution < -0.4 is 37.7 Å². The fourth-order valence-electron chi connectivity index (χ4n) is 3.09. The SMILES string of the molecule is Nc1nc2c(c(=O)[nH]1)NC(CNc1ccc(C(=O)NC(CCC(=O)[O-])C(=O)O)cc1)CN2. The second kappa shape index (κ2) is 9.68. The molecule has 0 saturated carbocycles. The number of hydrogen-bond donors (Lipinski definition) is 7. The van der Waals surface area contributed by atoms with Crippen molar-refractivity contribution in [2.24, 2.45) is 0 Å². The molecule has 2 heterocycles. The number of carboxylic acid groups (broad SMARTS) is 2. The molecule has 1 aliphatic heterocycles. The summed E-state index contributed by atoms with van der Waals surface area (Å²) in [6.45, 7) is 0.949. The van der Waals surface area contributed by atoms with E-state index < -0.39 is 30.3 Å². The smallest absolute Gasteiger partial charge is 0.326 e. The summed E-state index contributed by atoms with van der Waals surface area (Å²) in [6, 6.07) is 4.84. The van der Waals surface area contributed by atoms with Crippen LogP contribution in [0.4, 0.5) is 23.1 Å². The number of fused-ring (bicyclic) bond motifs is 1. The van der Waals surface area contributed by atoms with Crippen molar-refractivity contribution in [2.75, 3.05) is 34.8 Å². The number of nitrogen functional groups attached to an aromatic ring is 1. The van der Waals surface area contributed by atoms with E-state index in [1.165, 1.54) is 12.1 Å². The van der Waals surface area contributed by atoms with Gasteiger partial charge in [-0.15, -0.1) is 0 Å². The second-order valence-electron chi connectivity index (χ2n) is 7.13. The summed E-state index contributed by atoms with van der Waals surface area (Å²) in [5.74, 6) is -2.95. The highest BCUT2D eigenvalue weighted by Crippen LogP contribution is 2.20. The topological polar surface area (TPSA) is 214 Å². The predicted octanol–water partition coefficient (Wildman–Crippen LogP) is -1.62. The van der Waals surface area contributed by atoms with E-state index in [9.17, 15) is 24.3 Å². The van der Waals surface area contributed by atoms with Gasteiger partial charge < -0.3 is 42.0 Å². The Morgan fingerprint density at radius 1 is 1.28 bits per heavy atom. The fraction of sp³-hybridized carbons (Fsp3) is 0.316. The Hall–Kier alpha value is -4.29. The third-order valence-corrected chi connectivity index (χ3v) is 4.74. The van der Waals surface area contributed by atoms with Crippen LogP contribution in [0.2, 0.25) is 0 Å². The van der Waals surface area contributed by atoms with E-state index in [1.807, 2.05) is 0 Å². The summed E-state index contributed by atoms with van der Waals surface area (Å²) in [5.41, 5.74) is 6.37. The molecule has 1 aromatic heterocycles. The number of nitrogens with zero attached hydrogens (tertiary/aromatic N) is 1. The maximum Gasteiger partial charge on any atom is 0.326 e. The Balaban J connectivity index is 1.54. The number of carbonyl (C=O) groups excluding carboxylic acids is 2. The highest BCUT2D eigenvalue weighted by Gasteiger charge is 2.22. The molecule has 0 spiro atoms. The molecule has 0 radical (unpaired) electrons. The summed E-state index contributed by atoms with van der Waals surface area (Å²) < 4.78 is 0. The number of carbonyl (C=O) groups is 3. The van der Waals surface area contributed by atoms with Crippen LogP contribution >= 0.6 is 0 Å².